The van der Waals surface area contributed by atoms with E-state index >= 15 is 0 Å². The van der Waals surface area contributed by atoms with Crippen molar-refractivity contribution < 1.29 is 146 Å². The Hall–Kier alpha value is 4.43. The van der Waals surface area contributed by atoms with E-state index in [2.05, 4.69) is 0 Å². The van der Waals surface area contributed by atoms with Crippen LogP contribution in [0.2, 0.25) is 0 Å². The van der Waals surface area contributed by atoms with Gasteiger partial charge >= 0.3 is 146 Å². The summed E-state index contributed by atoms with van der Waals surface area (Å²) in [5, 5.41) is 0. The first-order chi connectivity index (χ1) is 0. The molecule has 0 saturated carbocycles. The molecule has 0 aromatic heterocycles. The molecule has 0 radical (unpaired) electrons. The van der Waals surface area contributed by atoms with Crippen LogP contribution in [-0.2, 0) is 116 Å². The van der Waals surface area contributed by atoms with Crippen molar-refractivity contribution in [2.45, 2.75) is 0 Å². The van der Waals surface area contributed by atoms with E-state index in [1.54, 1.807) is 0 Å². The van der Waals surface area contributed by atoms with Gasteiger partial charge in [0.25, 0.3) is 0 Å². The van der Waals surface area contributed by atoms with E-state index in [1.807, 2.05) is 0 Å². The zero-order valence-electron chi connectivity index (χ0n) is 6.72. The summed E-state index contributed by atoms with van der Waals surface area (Å²) < 4.78 is 0. The van der Waals surface area contributed by atoms with Crippen LogP contribution < -0.4 is 29.6 Å². The largest absolute Gasteiger partial charge is 5.00 e. The second-order valence-corrected chi connectivity index (χ2v) is 0. The maximum absolute atomic E-state index is 0. The molecular weight excluding hydrogens is 583 g/mol. The minimum absolute atomic E-state index is 0. The molecule has 0 saturated heterocycles. The van der Waals surface area contributed by atoms with Crippen molar-refractivity contribution in [1.82, 2.24) is 0 Å². The standard InChI is InChI=1S/Ba.Na.3Nb.9O/q+2;+1;3*+5;9*-2. The molecule has 9 nitrogen and oxygen atoms in total. The molecule has 0 aliphatic heterocycles. The maximum atomic E-state index is 0. The van der Waals surface area contributed by atoms with Gasteiger partial charge in [-0.1, -0.05) is 0 Å². The van der Waals surface area contributed by atoms with Crippen molar-refractivity contribution in [3.63, 3.8) is 0 Å². The van der Waals surface area contributed by atoms with Gasteiger partial charge in [0.1, 0.15) is 0 Å². The van der Waals surface area contributed by atoms with Crippen molar-refractivity contribution >= 4 is 48.9 Å². The third-order valence-electron chi connectivity index (χ3n) is 0. The molecule has 0 heterocycles. The number of rotatable bonds is 0. The SMILES string of the molecule is [Ba+2].[Na+].[Nb+5].[Nb+5].[Nb+5].[O-2].[O-2].[O-2].[O-2].[O-2].[O-2].[O-2].[O-2].[O-2]. The first-order valence-corrected chi connectivity index (χ1v) is 0. The summed E-state index contributed by atoms with van der Waals surface area (Å²) in [6.07, 6.45) is 0. The van der Waals surface area contributed by atoms with Gasteiger partial charge in [-0.05, 0) is 0 Å². The summed E-state index contributed by atoms with van der Waals surface area (Å²) in [6.45, 7) is 0. The molecule has 0 aliphatic rings. The molecule has 0 unspecified atom stereocenters. The molecule has 72 valence electrons. The quantitative estimate of drug-likeness (QED) is 0.245. The van der Waals surface area contributed by atoms with E-state index in [4.69, 9.17) is 0 Å². The minimum Gasteiger partial charge on any atom is -2.00 e. The van der Waals surface area contributed by atoms with E-state index in [-0.39, 0.29) is 195 Å². The summed E-state index contributed by atoms with van der Waals surface area (Å²) in [5.74, 6) is 0. The van der Waals surface area contributed by atoms with Crippen molar-refractivity contribution in [2.24, 2.45) is 0 Å². The first kappa shape index (κ1) is 285. The summed E-state index contributed by atoms with van der Waals surface area (Å²) in [5.41, 5.74) is 0. The van der Waals surface area contributed by atoms with Crippen LogP contribution in [0.3, 0.4) is 0 Å². The van der Waals surface area contributed by atoms with Crippen LogP contribution in [0.4, 0.5) is 0 Å². The van der Waals surface area contributed by atoms with Crippen LogP contribution >= 0.6 is 0 Å². The van der Waals surface area contributed by atoms with Gasteiger partial charge in [0.15, 0.2) is 0 Å². The molecular formula is BaNaNb3O9. The van der Waals surface area contributed by atoms with Crippen molar-refractivity contribution in [3.8, 4) is 0 Å². The van der Waals surface area contributed by atoms with Crippen LogP contribution in [0, 0.1) is 0 Å². The molecule has 0 fully saturated rings. The molecule has 0 aromatic carbocycles. The van der Waals surface area contributed by atoms with E-state index in [9.17, 15) is 0 Å². The zero-order chi connectivity index (χ0) is 0. The molecule has 0 amide bonds. The van der Waals surface area contributed by atoms with Gasteiger partial charge in [-0.15, -0.1) is 0 Å². The summed E-state index contributed by atoms with van der Waals surface area (Å²) in [4.78, 5) is 0. The molecule has 0 aliphatic carbocycles. The predicted molar refractivity (Wildman–Crippen MR) is 11.9 cm³/mol. The van der Waals surface area contributed by atoms with Gasteiger partial charge in [-0.2, -0.15) is 0 Å². The average molecular weight is 583 g/mol. The van der Waals surface area contributed by atoms with Crippen LogP contribution in [0.1, 0.15) is 0 Å². The Morgan fingerprint density at radius 3 is 0.286 bits per heavy atom. The average Bonchev–Trinajstić information content (AvgIpc) is 0. The molecule has 0 rings (SSSR count). The third kappa shape index (κ3) is 199. The van der Waals surface area contributed by atoms with Gasteiger partial charge in [-0.3, -0.25) is 0 Å². The fourth-order valence-electron chi connectivity index (χ4n) is 0. The second-order valence-electron chi connectivity index (χ2n) is 0. The fraction of sp³-hybridized carbons (Fsp3) is 0. The molecule has 14 heteroatoms. The monoisotopic (exact) mass is 584 g/mol. The summed E-state index contributed by atoms with van der Waals surface area (Å²) in [6, 6.07) is 0. The maximum Gasteiger partial charge on any atom is 5.00 e. The Labute approximate surface area is 191 Å². The van der Waals surface area contributed by atoms with Crippen LogP contribution in [0.5, 0.6) is 0 Å². The van der Waals surface area contributed by atoms with E-state index in [1.165, 1.54) is 0 Å². The Balaban J connectivity index is 0. The third-order valence-corrected chi connectivity index (χ3v) is 0. The van der Waals surface area contributed by atoms with Crippen LogP contribution in [0.25, 0.3) is 0 Å². The fourth-order valence-corrected chi connectivity index (χ4v) is 0. The Morgan fingerprint density at radius 2 is 0.286 bits per heavy atom. The number of hydrogen-bond acceptors (Lipinski definition) is 0. The molecule has 14 heavy (non-hydrogen) atoms. The van der Waals surface area contributed by atoms with Crippen LogP contribution in [0.15, 0.2) is 0 Å². The molecule has 0 atom stereocenters. The predicted octanol–water partition coefficient (Wildman–Crippen LogP) is -4.45. The van der Waals surface area contributed by atoms with E-state index < -0.39 is 0 Å². The van der Waals surface area contributed by atoms with E-state index in [0.29, 0.717) is 0 Å². The van der Waals surface area contributed by atoms with Crippen LogP contribution in [-0.4, -0.2) is 48.9 Å². The topological polar surface area (TPSA) is 256 Å². The second kappa shape index (κ2) is 240. The minimum atomic E-state index is 0. The van der Waals surface area contributed by atoms with E-state index in [0.717, 1.165) is 0 Å². The summed E-state index contributed by atoms with van der Waals surface area (Å²) in [7, 11) is 0. The van der Waals surface area contributed by atoms with Gasteiger partial charge < -0.3 is 49.3 Å². The molecule has 0 aromatic rings. The van der Waals surface area contributed by atoms with Crippen molar-refractivity contribution in [3.05, 3.63) is 0 Å². The van der Waals surface area contributed by atoms with Crippen molar-refractivity contribution in [1.29, 1.82) is 0 Å². The molecule has 0 spiro atoms. The van der Waals surface area contributed by atoms with Gasteiger partial charge in [-0.25, -0.2) is 0 Å². The van der Waals surface area contributed by atoms with Gasteiger partial charge in [0.05, 0.1) is 0 Å². The van der Waals surface area contributed by atoms with Crippen molar-refractivity contribution in [2.75, 3.05) is 0 Å². The normalized spacial score (nSPS) is 0. The molecule has 0 bridgehead atoms. The zero-order valence-corrected chi connectivity index (χ0v) is 19.8. The molecule has 0 N–H and O–H groups in total. The summed E-state index contributed by atoms with van der Waals surface area (Å²) >= 11 is 0. The number of hydrogen-bond donors (Lipinski definition) is 0. The Bertz CT molecular complexity index is 20.0. The van der Waals surface area contributed by atoms with Gasteiger partial charge in [0.2, 0.25) is 0 Å². The smallest absolute Gasteiger partial charge is 2.00 e. The Kier molecular flexibility index (Phi) is 4880. The van der Waals surface area contributed by atoms with Gasteiger partial charge in [0, 0.05) is 0 Å². The Morgan fingerprint density at radius 1 is 0.286 bits per heavy atom. The first-order valence-electron chi connectivity index (χ1n) is 0.